The molecule has 3 saturated carbocycles. The van der Waals surface area contributed by atoms with Gasteiger partial charge < -0.3 is 36.4 Å². The number of Topliss-reactive ketones (excluding diaryl/α,β-unsaturated/α-hetero) is 1. The van der Waals surface area contributed by atoms with E-state index in [9.17, 15) is 38.7 Å². The molecule has 3 aliphatic carbocycles. The zero-order valence-corrected chi connectivity index (χ0v) is 28.2. The first-order valence-electron chi connectivity index (χ1n) is 17.4. The minimum atomic E-state index is -1.35. The van der Waals surface area contributed by atoms with Gasteiger partial charge in [-0.15, -0.1) is 0 Å². The molecule has 14 heteroatoms. The van der Waals surface area contributed by atoms with Crippen LogP contribution in [-0.4, -0.2) is 77.9 Å². The highest BCUT2D eigenvalue weighted by Gasteiger charge is 2.42. The number of rotatable bonds is 18. The zero-order chi connectivity index (χ0) is 35.5. The van der Waals surface area contributed by atoms with Gasteiger partial charge in [0.2, 0.25) is 23.5 Å². The van der Waals surface area contributed by atoms with Crippen molar-refractivity contribution in [2.75, 3.05) is 13.2 Å². The summed E-state index contributed by atoms with van der Waals surface area (Å²) in [4.78, 5) is 90.3. The number of carboxylic acids is 1. The lowest BCUT2D eigenvalue weighted by Crippen LogP contribution is -2.58. The molecule has 0 aromatic heterocycles. The molecular formula is C35H49N5O9. The maximum atomic E-state index is 13.7. The number of nitrogens with one attached hydrogen (secondary N) is 5. The molecule has 0 spiro atoms. The Morgan fingerprint density at radius 1 is 0.776 bits per heavy atom. The van der Waals surface area contributed by atoms with Crippen molar-refractivity contribution in [1.29, 1.82) is 0 Å². The van der Waals surface area contributed by atoms with Crippen molar-refractivity contribution in [3.8, 4) is 0 Å². The van der Waals surface area contributed by atoms with E-state index in [1.807, 2.05) is 13.8 Å². The predicted molar refractivity (Wildman–Crippen MR) is 177 cm³/mol. The number of alkyl carbamates (subject to hydrolysis) is 1. The third-order valence-electron chi connectivity index (χ3n) is 9.12. The van der Waals surface area contributed by atoms with E-state index < -0.39 is 72.2 Å². The molecule has 268 valence electrons. The summed E-state index contributed by atoms with van der Waals surface area (Å²) in [7, 11) is 0. The van der Waals surface area contributed by atoms with E-state index in [1.54, 1.807) is 18.2 Å². The van der Waals surface area contributed by atoms with E-state index in [-0.39, 0.29) is 30.3 Å². The third kappa shape index (κ3) is 11.9. The molecular weight excluding hydrogens is 634 g/mol. The second-order valence-corrected chi connectivity index (χ2v) is 13.9. The van der Waals surface area contributed by atoms with Gasteiger partial charge >= 0.3 is 12.1 Å². The molecule has 0 radical (unpaired) electrons. The summed E-state index contributed by atoms with van der Waals surface area (Å²) in [6.07, 6.45) is 7.03. The summed E-state index contributed by atoms with van der Waals surface area (Å²) in [6, 6.07) is 3.63. The molecule has 3 aliphatic rings. The Bertz CT molecular complexity index is 1360. The van der Waals surface area contributed by atoms with E-state index >= 15 is 0 Å². The van der Waals surface area contributed by atoms with E-state index in [0.717, 1.165) is 44.9 Å². The number of carbonyl (C=O) groups excluding carboxylic acids is 6. The summed E-state index contributed by atoms with van der Waals surface area (Å²) in [5, 5.41) is 22.4. The largest absolute Gasteiger partial charge is 0.479 e. The molecule has 1 aromatic carbocycles. The second-order valence-electron chi connectivity index (χ2n) is 13.9. The van der Waals surface area contributed by atoms with Gasteiger partial charge in [0.1, 0.15) is 18.1 Å². The summed E-state index contributed by atoms with van der Waals surface area (Å²) in [6.45, 7) is 3.36. The van der Waals surface area contributed by atoms with Crippen molar-refractivity contribution in [3.63, 3.8) is 0 Å². The average Bonchev–Trinajstić information content (AvgIpc) is 4.02. The highest BCUT2D eigenvalue weighted by atomic mass is 16.5. The van der Waals surface area contributed by atoms with Gasteiger partial charge in [0.05, 0.1) is 13.2 Å². The van der Waals surface area contributed by atoms with Gasteiger partial charge in [0.15, 0.2) is 6.04 Å². The van der Waals surface area contributed by atoms with E-state index in [4.69, 9.17) is 4.74 Å². The van der Waals surface area contributed by atoms with Crippen LogP contribution in [0, 0.1) is 23.7 Å². The Kier molecular flexibility index (Phi) is 13.5. The Morgan fingerprint density at radius 3 is 2.02 bits per heavy atom. The third-order valence-corrected chi connectivity index (χ3v) is 9.12. The summed E-state index contributed by atoms with van der Waals surface area (Å²) in [5.41, 5.74) is 0.335. The number of amides is 5. The fourth-order valence-electron chi connectivity index (χ4n) is 6.07. The SMILES string of the molecule is CC(C)COC(=O)NC(C(=O)NC(CC1CC1)C(=O)NC(C(=O)C(=O)NCC(=O)NC(C(=O)O)c1ccccc1)C1CC1)C1CCCCC1. The molecule has 1 aromatic rings. The fraction of sp³-hybridized carbons (Fsp3) is 0.629. The number of ether oxygens (including phenoxy) is 1. The first kappa shape index (κ1) is 37.3. The van der Waals surface area contributed by atoms with Gasteiger partial charge in [0, 0.05) is 0 Å². The normalized spacial score (nSPS) is 18.6. The Morgan fingerprint density at radius 2 is 1.43 bits per heavy atom. The molecule has 0 heterocycles. The van der Waals surface area contributed by atoms with Crippen LogP contribution in [0.15, 0.2) is 30.3 Å². The minimum absolute atomic E-state index is 0.115. The number of carbonyl (C=O) groups is 7. The van der Waals surface area contributed by atoms with Gasteiger partial charge in [-0.05, 0) is 61.3 Å². The van der Waals surface area contributed by atoms with Crippen molar-refractivity contribution in [2.24, 2.45) is 23.7 Å². The zero-order valence-electron chi connectivity index (χ0n) is 28.2. The van der Waals surface area contributed by atoms with E-state index in [0.29, 0.717) is 24.8 Å². The molecule has 6 N–H and O–H groups in total. The topological polar surface area (TPSA) is 209 Å². The van der Waals surface area contributed by atoms with Gasteiger partial charge in [-0.1, -0.05) is 76.3 Å². The second kappa shape index (κ2) is 17.8. The van der Waals surface area contributed by atoms with Crippen LogP contribution in [0.2, 0.25) is 0 Å². The summed E-state index contributed by atoms with van der Waals surface area (Å²) >= 11 is 0. The number of benzene rings is 1. The van der Waals surface area contributed by atoms with E-state index in [1.165, 1.54) is 12.1 Å². The van der Waals surface area contributed by atoms with Crippen LogP contribution in [-0.2, 0) is 33.5 Å². The van der Waals surface area contributed by atoms with Gasteiger partial charge in [-0.3, -0.25) is 24.0 Å². The number of hydrogen-bond donors (Lipinski definition) is 6. The van der Waals surface area contributed by atoms with Gasteiger partial charge in [0.25, 0.3) is 5.91 Å². The Labute approximate surface area is 286 Å². The fourth-order valence-corrected chi connectivity index (χ4v) is 6.07. The van der Waals surface area contributed by atoms with Crippen molar-refractivity contribution in [3.05, 3.63) is 35.9 Å². The number of ketones is 1. The van der Waals surface area contributed by atoms with Crippen LogP contribution in [0.1, 0.15) is 89.7 Å². The van der Waals surface area contributed by atoms with E-state index in [2.05, 4.69) is 26.6 Å². The first-order chi connectivity index (χ1) is 23.4. The summed E-state index contributed by atoms with van der Waals surface area (Å²) < 4.78 is 5.28. The lowest BCUT2D eigenvalue weighted by Gasteiger charge is -2.31. The molecule has 14 nitrogen and oxygen atoms in total. The molecule has 0 saturated heterocycles. The molecule has 4 rings (SSSR count). The van der Waals surface area contributed by atoms with Crippen LogP contribution in [0.5, 0.6) is 0 Å². The van der Waals surface area contributed by atoms with Crippen molar-refractivity contribution in [1.82, 2.24) is 26.6 Å². The number of aliphatic carboxylic acids is 1. The smallest absolute Gasteiger partial charge is 0.407 e. The monoisotopic (exact) mass is 683 g/mol. The molecule has 3 fully saturated rings. The first-order valence-corrected chi connectivity index (χ1v) is 17.4. The highest BCUT2D eigenvalue weighted by Crippen LogP contribution is 2.35. The average molecular weight is 684 g/mol. The van der Waals surface area contributed by atoms with Crippen molar-refractivity contribution in [2.45, 2.75) is 102 Å². The van der Waals surface area contributed by atoms with Crippen LogP contribution < -0.4 is 26.6 Å². The highest BCUT2D eigenvalue weighted by molar-refractivity contribution is 6.38. The molecule has 0 aliphatic heterocycles. The quantitative estimate of drug-likeness (QED) is 0.125. The van der Waals surface area contributed by atoms with Crippen molar-refractivity contribution >= 4 is 41.5 Å². The van der Waals surface area contributed by atoms with Crippen molar-refractivity contribution < 1.29 is 43.4 Å². The minimum Gasteiger partial charge on any atom is -0.479 e. The maximum absolute atomic E-state index is 13.7. The van der Waals surface area contributed by atoms with Crippen LogP contribution in [0.25, 0.3) is 0 Å². The number of hydrogen-bond acceptors (Lipinski definition) is 8. The van der Waals surface area contributed by atoms with Crippen LogP contribution in [0.4, 0.5) is 4.79 Å². The maximum Gasteiger partial charge on any atom is 0.407 e. The number of carboxylic acid groups (broad SMARTS) is 1. The molecule has 4 unspecified atom stereocenters. The van der Waals surface area contributed by atoms with Gasteiger partial charge in [-0.25, -0.2) is 9.59 Å². The molecule has 49 heavy (non-hydrogen) atoms. The van der Waals surface area contributed by atoms with Crippen LogP contribution >= 0.6 is 0 Å². The summed E-state index contributed by atoms with van der Waals surface area (Å²) in [5.74, 6) is -5.31. The van der Waals surface area contributed by atoms with Crippen LogP contribution in [0.3, 0.4) is 0 Å². The predicted octanol–water partition coefficient (Wildman–Crippen LogP) is 2.12. The lowest BCUT2D eigenvalue weighted by molar-refractivity contribution is -0.142. The Hall–Kier alpha value is -4.49. The molecule has 5 amide bonds. The molecule has 0 bridgehead atoms. The standard InChI is InChI=1S/C35H49N5O9/c1-20(2)19-49-35(48)40-28(22-9-5-3-6-10-22)32(44)37-25(17-21-13-14-21)31(43)39-27(24-15-16-24)30(42)33(45)36-18-26(41)38-29(34(46)47)23-11-7-4-8-12-23/h4,7-8,11-12,20-22,24-25,27-29H,3,5-6,9-10,13-19H2,1-2H3,(H,36,45)(H,37,44)(H,38,41)(H,39,43)(H,40,48)(H,46,47). The lowest BCUT2D eigenvalue weighted by atomic mass is 9.83. The Balaban J connectivity index is 1.37. The van der Waals surface area contributed by atoms with Gasteiger partial charge in [-0.2, -0.15) is 0 Å². The molecule has 4 atom stereocenters.